The molecule has 0 bridgehead atoms. The molecule has 1 aliphatic rings. The lowest BCUT2D eigenvalue weighted by atomic mass is 10.1. The summed E-state index contributed by atoms with van der Waals surface area (Å²) in [6.07, 6.45) is 6.13. The van der Waals surface area contributed by atoms with Gasteiger partial charge in [0.2, 0.25) is 5.91 Å². The highest BCUT2D eigenvalue weighted by Crippen LogP contribution is 2.33. The molecule has 3 aromatic rings. The molecule has 1 saturated carbocycles. The second-order valence-corrected chi connectivity index (χ2v) is 9.71. The second-order valence-electron chi connectivity index (χ2n) is 7.54. The van der Waals surface area contributed by atoms with Crippen LogP contribution in [-0.4, -0.2) is 26.8 Å². The molecule has 1 N–H and O–H groups in total. The zero-order valence-electron chi connectivity index (χ0n) is 17.0. The Hall–Kier alpha value is -2.38. The van der Waals surface area contributed by atoms with Crippen molar-refractivity contribution in [3.8, 4) is 11.1 Å². The Labute approximate surface area is 184 Å². The van der Waals surface area contributed by atoms with E-state index in [2.05, 4.69) is 11.9 Å². The van der Waals surface area contributed by atoms with Crippen molar-refractivity contribution in [3.63, 3.8) is 0 Å². The van der Waals surface area contributed by atoms with E-state index in [-0.39, 0.29) is 22.8 Å². The number of hydrogen-bond donors (Lipinski definition) is 1. The smallest absolute Gasteiger partial charge is 0.263 e. The minimum Gasteiger partial charge on any atom is -0.352 e. The number of hydrogen-bond acceptors (Lipinski definition) is 5. The Morgan fingerprint density at radius 3 is 2.80 bits per heavy atom. The van der Waals surface area contributed by atoms with Crippen LogP contribution in [0.5, 0.6) is 0 Å². The van der Waals surface area contributed by atoms with Gasteiger partial charge >= 0.3 is 0 Å². The van der Waals surface area contributed by atoms with E-state index in [9.17, 15) is 9.59 Å². The first-order valence-corrected chi connectivity index (χ1v) is 12.0. The molecule has 1 unspecified atom stereocenters. The van der Waals surface area contributed by atoms with Gasteiger partial charge in [-0.2, -0.15) is 0 Å². The second kappa shape index (κ2) is 9.18. The number of fused-ring (bicyclic) bond motifs is 1. The van der Waals surface area contributed by atoms with E-state index in [4.69, 9.17) is 4.98 Å². The number of carbonyl (C=O) groups excluding carboxylic acids is 1. The molecule has 0 aliphatic heterocycles. The average Bonchev–Trinajstić information content (AvgIpc) is 3.41. The number of rotatable bonds is 7. The highest BCUT2D eigenvalue weighted by molar-refractivity contribution is 8.00. The maximum absolute atomic E-state index is 13.4. The van der Waals surface area contributed by atoms with Crippen LogP contribution < -0.4 is 10.9 Å². The van der Waals surface area contributed by atoms with Crippen LogP contribution in [0, 0.1) is 0 Å². The fourth-order valence-electron chi connectivity index (χ4n) is 3.82. The zero-order valence-corrected chi connectivity index (χ0v) is 18.6. The maximum atomic E-state index is 13.4. The molecule has 1 aliphatic carbocycles. The largest absolute Gasteiger partial charge is 0.352 e. The van der Waals surface area contributed by atoms with Crippen LogP contribution >= 0.6 is 23.1 Å². The van der Waals surface area contributed by atoms with Crippen LogP contribution in [0.3, 0.4) is 0 Å². The van der Waals surface area contributed by atoms with Crippen molar-refractivity contribution >= 4 is 39.2 Å². The lowest BCUT2D eigenvalue weighted by Gasteiger charge is -2.17. The van der Waals surface area contributed by atoms with Gasteiger partial charge < -0.3 is 5.32 Å². The number of amides is 1. The number of thioether (sulfide) groups is 1. The van der Waals surface area contributed by atoms with Crippen LogP contribution in [0.15, 0.2) is 58.3 Å². The molecule has 7 heteroatoms. The number of allylic oxidation sites excluding steroid dienone is 1. The predicted molar refractivity (Wildman–Crippen MR) is 125 cm³/mol. The van der Waals surface area contributed by atoms with Gasteiger partial charge in [-0.3, -0.25) is 14.2 Å². The molecular weight excluding hydrogens is 414 g/mol. The molecule has 1 fully saturated rings. The number of carbonyl (C=O) groups is 1. The summed E-state index contributed by atoms with van der Waals surface area (Å²) < 4.78 is 1.62. The van der Waals surface area contributed by atoms with Gasteiger partial charge in [-0.15, -0.1) is 17.9 Å². The Morgan fingerprint density at radius 1 is 1.37 bits per heavy atom. The summed E-state index contributed by atoms with van der Waals surface area (Å²) in [5.74, 6) is 0.00236. The third-order valence-corrected chi connectivity index (χ3v) is 7.37. The minimum atomic E-state index is -0.334. The van der Waals surface area contributed by atoms with Crippen LogP contribution in [0.25, 0.3) is 21.3 Å². The number of thiophene rings is 1. The van der Waals surface area contributed by atoms with Gasteiger partial charge in [0.15, 0.2) is 5.16 Å². The Morgan fingerprint density at radius 2 is 2.10 bits per heavy atom. The lowest BCUT2D eigenvalue weighted by molar-refractivity contribution is -0.120. The molecule has 156 valence electrons. The molecule has 0 radical (unpaired) electrons. The quantitative estimate of drug-likeness (QED) is 0.325. The van der Waals surface area contributed by atoms with Gasteiger partial charge in [-0.05, 0) is 25.3 Å². The van der Waals surface area contributed by atoms with Crippen molar-refractivity contribution in [1.29, 1.82) is 0 Å². The van der Waals surface area contributed by atoms with E-state index in [1.165, 1.54) is 35.9 Å². The van der Waals surface area contributed by atoms with E-state index in [0.29, 0.717) is 21.9 Å². The molecule has 4 rings (SSSR count). The number of benzene rings is 1. The highest BCUT2D eigenvalue weighted by atomic mass is 32.2. The third-order valence-electron chi connectivity index (χ3n) is 5.41. The van der Waals surface area contributed by atoms with Gasteiger partial charge in [-0.1, -0.05) is 61.0 Å². The Kier molecular flexibility index (Phi) is 6.39. The van der Waals surface area contributed by atoms with E-state index >= 15 is 0 Å². The van der Waals surface area contributed by atoms with E-state index < -0.39 is 0 Å². The molecule has 30 heavy (non-hydrogen) atoms. The number of nitrogens with one attached hydrogen (secondary N) is 1. The van der Waals surface area contributed by atoms with Crippen molar-refractivity contribution < 1.29 is 4.79 Å². The van der Waals surface area contributed by atoms with Crippen LogP contribution in [0.4, 0.5) is 0 Å². The highest BCUT2D eigenvalue weighted by Gasteiger charge is 2.24. The molecule has 2 heterocycles. The molecule has 0 spiro atoms. The van der Waals surface area contributed by atoms with Crippen molar-refractivity contribution in [2.45, 2.75) is 55.6 Å². The standard InChI is InChI=1S/C23H25N3O2S2/c1-3-13-26-22(28)19-18(16-9-5-4-6-10-16)14-29-21(19)25-23(26)30-15(2)20(27)24-17-11-7-8-12-17/h3-6,9-10,14-15,17H,1,7-8,11-13H2,2H3,(H,24,27). The number of nitrogens with zero attached hydrogens (tertiary/aromatic N) is 2. The monoisotopic (exact) mass is 439 g/mol. The first kappa shape index (κ1) is 20.9. The summed E-state index contributed by atoms with van der Waals surface area (Å²) in [5, 5.41) is 5.97. The zero-order chi connectivity index (χ0) is 21.1. The SMILES string of the molecule is C=CCn1c(SC(C)C(=O)NC2CCCC2)nc2scc(-c3ccccc3)c2c1=O. The normalized spacial score (nSPS) is 15.4. The predicted octanol–water partition coefficient (Wildman–Crippen LogP) is 4.85. The summed E-state index contributed by atoms with van der Waals surface area (Å²) >= 11 is 2.80. The van der Waals surface area contributed by atoms with Gasteiger partial charge in [0.05, 0.1) is 10.6 Å². The van der Waals surface area contributed by atoms with Gasteiger partial charge in [0.25, 0.3) is 5.56 Å². The number of aromatic nitrogens is 2. The van der Waals surface area contributed by atoms with Gasteiger partial charge in [0, 0.05) is 23.5 Å². The van der Waals surface area contributed by atoms with Crippen molar-refractivity contribution in [1.82, 2.24) is 14.9 Å². The minimum absolute atomic E-state index is 0.00236. The Bertz CT molecular complexity index is 1110. The molecular formula is C23H25N3O2S2. The summed E-state index contributed by atoms with van der Waals surface area (Å²) in [6.45, 7) is 6.02. The average molecular weight is 440 g/mol. The topological polar surface area (TPSA) is 64.0 Å². The molecule has 5 nitrogen and oxygen atoms in total. The van der Waals surface area contributed by atoms with Gasteiger partial charge in [-0.25, -0.2) is 4.98 Å². The fraction of sp³-hybridized carbons (Fsp3) is 0.348. The van der Waals surface area contributed by atoms with E-state index in [1.807, 2.05) is 42.6 Å². The summed E-state index contributed by atoms with van der Waals surface area (Å²) in [4.78, 5) is 31.5. The third kappa shape index (κ3) is 4.23. The molecule has 1 amide bonds. The summed E-state index contributed by atoms with van der Waals surface area (Å²) in [7, 11) is 0. The first-order chi connectivity index (χ1) is 14.6. The van der Waals surface area contributed by atoms with Crippen LogP contribution in [0.2, 0.25) is 0 Å². The van der Waals surface area contributed by atoms with Crippen LogP contribution in [-0.2, 0) is 11.3 Å². The molecule has 0 saturated heterocycles. The maximum Gasteiger partial charge on any atom is 0.263 e. The first-order valence-electron chi connectivity index (χ1n) is 10.2. The van der Waals surface area contributed by atoms with Crippen molar-refractivity contribution in [2.24, 2.45) is 0 Å². The van der Waals surface area contributed by atoms with Crippen molar-refractivity contribution in [2.75, 3.05) is 0 Å². The molecule has 2 aromatic heterocycles. The van der Waals surface area contributed by atoms with Gasteiger partial charge in [0.1, 0.15) is 4.83 Å². The van der Waals surface area contributed by atoms with Crippen LogP contribution in [0.1, 0.15) is 32.6 Å². The summed E-state index contributed by atoms with van der Waals surface area (Å²) in [5.41, 5.74) is 1.80. The molecule has 1 aromatic carbocycles. The lowest BCUT2D eigenvalue weighted by Crippen LogP contribution is -2.38. The Balaban J connectivity index is 1.68. The fourth-order valence-corrected chi connectivity index (χ4v) is 5.73. The van der Waals surface area contributed by atoms with Crippen molar-refractivity contribution in [3.05, 3.63) is 58.7 Å². The molecule has 1 atom stereocenters. The van der Waals surface area contributed by atoms with E-state index in [0.717, 1.165) is 24.0 Å². The van der Waals surface area contributed by atoms with E-state index in [1.54, 1.807) is 10.6 Å². The summed E-state index contributed by atoms with van der Waals surface area (Å²) in [6, 6.07) is 10.1.